The molecule has 2 bridgehead atoms. The third kappa shape index (κ3) is 7.71. The fraction of sp³-hybridized carbons (Fsp3) is 0.586. The highest BCUT2D eigenvalue weighted by Crippen LogP contribution is 2.38. The molecular weight excluding hydrogens is 478 g/mol. The Kier molecular flexibility index (Phi) is 9.86. The Labute approximate surface area is 217 Å². The molecule has 0 saturated heterocycles. The van der Waals surface area contributed by atoms with E-state index in [1.54, 1.807) is 0 Å². The first-order valence-electron chi connectivity index (χ1n) is 13.5. The van der Waals surface area contributed by atoms with Gasteiger partial charge in [0.2, 0.25) is 5.91 Å². The fourth-order valence-electron chi connectivity index (χ4n) is 5.34. The van der Waals surface area contributed by atoms with Gasteiger partial charge < -0.3 is 19.9 Å². The van der Waals surface area contributed by atoms with Crippen LogP contribution in [0.2, 0.25) is 0 Å². The van der Waals surface area contributed by atoms with Crippen LogP contribution in [0.5, 0.6) is 0 Å². The predicted octanol–water partition coefficient (Wildman–Crippen LogP) is 4.66. The molecule has 1 saturated carbocycles. The highest BCUT2D eigenvalue weighted by molar-refractivity contribution is 5.92. The number of benzene rings is 1. The van der Waals surface area contributed by atoms with E-state index in [-0.39, 0.29) is 36.8 Å². The van der Waals surface area contributed by atoms with Crippen LogP contribution < -0.4 is 5.32 Å². The van der Waals surface area contributed by atoms with Crippen molar-refractivity contribution in [3.63, 3.8) is 0 Å². The Hall–Kier alpha value is -2.58. The molecule has 1 aromatic carbocycles. The zero-order valence-electron chi connectivity index (χ0n) is 21.5. The Bertz CT molecular complexity index is 1000. The van der Waals surface area contributed by atoms with Crippen molar-refractivity contribution >= 4 is 11.6 Å². The topological polar surface area (TPSA) is 80.2 Å². The van der Waals surface area contributed by atoms with Crippen LogP contribution in [0.15, 0.2) is 47.2 Å². The number of fused-ring (bicyclic) bond motifs is 5. The van der Waals surface area contributed by atoms with E-state index in [1.165, 1.54) is 12.1 Å². The van der Waals surface area contributed by atoms with Gasteiger partial charge >= 0.3 is 0 Å². The number of amides is 1. The second-order valence-electron chi connectivity index (χ2n) is 10.2. The van der Waals surface area contributed by atoms with Crippen LogP contribution in [0.3, 0.4) is 0 Å². The molecule has 1 aromatic rings. The number of allylic oxidation sites excluding steroid dienone is 2. The smallest absolute Gasteiger partial charge is 0.220 e. The molecule has 1 aliphatic heterocycles. The summed E-state index contributed by atoms with van der Waals surface area (Å²) in [6.07, 6.45) is 10.8. The van der Waals surface area contributed by atoms with Crippen molar-refractivity contribution in [3.05, 3.63) is 59.4 Å². The third-order valence-corrected chi connectivity index (χ3v) is 7.24. The lowest BCUT2D eigenvalue weighted by Gasteiger charge is -2.25. The summed E-state index contributed by atoms with van der Waals surface area (Å²) in [7, 11) is 0. The van der Waals surface area contributed by atoms with Gasteiger partial charge in [-0.15, -0.1) is 0 Å². The average Bonchev–Trinajstić information content (AvgIpc) is 3.20. The van der Waals surface area contributed by atoms with Crippen molar-refractivity contribution in [2.45, 2.75) is 76.5 Å². The maximum Gasteiger partial charge on any atom is 0.220 e. The van der Waals surface area contributed by atoms with Crippen LogP contribution in [0, 0.1) is 23.5 Å². The molecule has 202 valence electrons. The fourth-order valence-corrected chi connectivity index (χ4v) is 5.34. The number of nitrogens with one attached hydrogen (secondary N) is 1. The summed E-state index contributed by atoms with van der Waals surface area (Å²) >= 11 is 0. The Morgan fingerprint density at radius 1 is 1.16 bits per heavy atom. The molecule has 1 heterocycles. The molecule has 3 aliphatic rings. The minimum atomic E-state index is -1.02. The highest BCUT2D eigenvalue weighted by Gasteiger charge is 2.40. The highest BCUT2D eigenvalue weighted by atomic mass is 19.1. The number of rotatable bonds is 5. The number of carbonyl (C=O) groups excluding carboxylic acids is 1. The summed E-state index contributed by atoms with van der Waals surface area (Å²) in [4.78, 5) is 17.4. The lowest BCUT2D eigenvalue weighted by atomic mass is 9.89. The average molecular weight is 517 g/mol. The molecule has 1 amide bonds. The van der Waals surface area contributed by atoms with Gasteiger partial charge in [-0.2, -0.15) is 0 Å². The zero-order valence-corrected chi connectivity index (χ0v) is 21.5. The molecule has 1 fully saturated rings. The van der Waals surface area contributed by atoms with Gasteiger partial charge in [-0.3, -0.25) is 9.79 Å². The van der Waals surface area contributed by atoms with Crippen molar-refractivity contribution in [3.8, 4) is 0 Å². The van der Waals surface area contributed by atoms with Crippen LogP contribution in [0.4, 0.5) is 8.78 Å². The van der Waals surface area contributed by atoms with Crippen molar-refractivity contribution < 1.29 is 28.2 Å². The molecule has 2 aliphatic carbocycles. The van der Waals surface area contributed by atoms with Gasteiger partial charge in [-0.1, -0.05) is 25.8 Å². The molecular formula is C29H38F2N2O4. The Morgan fingerprint density at radius 3 is 2.73 bits per heavy atom. The summed E-state index contributed by atoms with van der Waals surface area (Å²) in [6.45, 7) is 3.44. The minimum absolute atomic E-state index is 0.0137. The Morgan fingerprint density at radius 2 is 1.95 bits per heavy atom. The van der Waals surface area contributed by atoms with Gasteiger partial charge in [-0.05, 0) is 55.5 Å². The minimum Gasteiger partial charge on any atom is -0.494 e. The number of ether oxygens (including phenoxy) is 2. The van der Waals surface area contributed by atoms with Gasteiger partial charge in [0, 0.05) is 43.1 Å². The molecule has 8 heteroatoms. The maximum atomic E-state index is 13.8. The quantitative estimate of drug-likeness (QED) is 0.597. The molecule has 5 atom stereocenters. The molecule has 4 rings (SSSR count). The normalized spacial score (nSPS) is 29.2. The van der Waals surface area contributed by atoms with Gasteiger partial charge in [0.15, 0.2) is 0 Å². The van der Waals surface area contributed by atoms with E-state index in [9.17, 15) is 18.7 Å². The summed E-state index contributed by atoms with van der Waals surface area (Å²) in [5.41, 5.74) is 1.31. The van der Waals surface area contributed by atoms with E-state index in [2.05, 4.69) is 24.4 Å². The molecule has 6 nitrogen and oxygen atoms in total. The molecule has 2 N–H and O–H groups in total. The maximum absolute atomic E-state index is 13.8. The van der Waals surface area contributed by atoms with E-state index in [1.807, 2.05) is 6.08 Å². The third-order valence-electron chi connectivity index (χ3n) is 7.24. The number of nitrogens with zero attached hydrogens (tertiary/aromatic N) is 1. The van der Waals surface area contributed by atoms with Gasteiger partial charge in [0.1, 0.15) is 17.4 Å². The second kappa shape index (κ2) is 13.3. The Balaban J connectivity index is 1.56. The van der Waals surface area contributed by atoms with Gasteiger partial charge in [-0.25, -0.2) is 8.78 Å². The summed E-state index contributed by atoms with van der Waals surface area (Å²) in [6, 6.07) is 2.55. The summed E-state index contributed by atoms with van der Waals surface area (Å²) < 4.78 is 39.7. The zero-order chi connectivity index (χ0) is 26.2. The van der Waals surface area contributed by atoms with Crippen LogP contribution in [0.25, 0.3) is 0 Å². The van der Waals surface area contributed by atoms with E-state index < -0.39 is 23.8 Å². The van der Waals surface area contributed by atoms with Crippen LogP contribution in [-0.2, 0) is 20.7 Å². The number of hydrogen-bond acceptors (Lipinski definition) is 5. The molecule has 0 radical (unpaired) electrons. The molecule has 37 heavy (non-hydrogen) atoms. The second-order valence-corrected chi connectivity index (χ2v) is 10.2. The van der Waals surface area contributed by atoms with Crippen molar-refractivity contribution in [1.29, 1.82) is 0 Å². The predicted molar refractivity (Wildman–Crippen MR) is 138 cm³/mol. The number of carbonyl (C=O) groups is 1. The van der Waals surface area contributed by atoms with Crippen molar-refractivity contribution in [2.24, 2.45) is 16.8 Å². The number of aliphatic hydroxyl groups excluding tert-OH is 1. The summed E-state index contributed by atoms with van der Waals surface area (Å²) in [5, 5.41) is 14.0. The molecule has 2 unspecified atom stereocenters. The van der Waals surface area contributed by atoms with E-state index in [4.69, 9.17) is 14.5 Å². The van der Waals surface area contributed by atoms with Crippen molar-refractivity contribution in [2.75, 3.05) is 19.8 Å². The lowest BCUT2D eigenvalue weighted by molar-refractivity contribution is -0.122. The number of hydrogen-bond donors (Lipinski definition) is 2. The molecule has 0 spiro atoms. The van der Waals surface area contributed by atoms with Gasteiger partial charge in [0.05, 0.1) is 31.4 Å². The van der Waals surface area contributed by atoms with E-state index in [0.717, 1.165) is 49.6 Å². The first-order valence-corrected chi connectivity index (χ1v) is 13.5. The summed E-state index contributed by atoms with van der Waals surface area (Å²) in [5.74, 6) is -0.561. The van der Waals surface area contributed by atoms with Crippen LogP contribution >= 0.6 is 0 Å². The van der Waals surface area contributed by atoms with E-state index in [0.29, 0.717) is 31.6 Å². The standard InChI is InChI=1S/C29H38F2N2O4/c1-2-10-36-22-8-9-23-24(16-22)25-17-28(23)37-11-6-4-3-5-7-29(35)33-26(27(34)18-32-25)14-19-12-20(30)15-21(31)13-19/h8-9,12-13,15-16,23-24,26-28,34H,2-7,10-11,14,17-18H2,1H3,(H,33,35)/t23?,24?,26-,27+,28+/m0/s1. The monoisotopic (exact) mass is 516 g/mol. The largest absolute Gasteiger partial charge is 0.494 e. The number of aliphatic imine (C=N–C) groups is 1. The van der Waals surface area contributed by atoms with Crippen LogP contribution in [-0.4, -0.2) is 54.7 Å². The van der Waals surface area contributed by atoms with Gasteiger partial charge in [0.25, 0.3) is 0 Å². The van der Waals surface area contributed by atoms with Crippen LogP contribution in [0.1, 0.15) is 57.4 Å². The SMILES string of the molecule is CCCOC1=CC2C3=NC[C@@H](O)[C@H](Cc4cc(F)cc(F)c4)NC(=O)CCCCCCO[C@H](C3)C2C=C1. The first-order chi connectivity index (χ1) is 17.9. The lowest BCUT2D eigenvalue weighted by Crippen LogP contribution is -2.46. The number of aliphatic hydroxyl groups is 1. The van der Waals surface area contributed by atoms with Crippen molar-refractivity contribution in [1.82, 2.24) is 5.32 Å². The number of halogens is 2. The van der Waals surface area contributed by atoms with E-state index >= 15 is 0 Å². The molecule has 0 aromatic heterocycles. The first kappa shape index (κ1) is 27.5.